The Labute approximate surface area is 106 Å². The molecule has 1 saturated heterocycles. The molecule has 1 fully saturated rings. The second-order valence-corrected chi connectivity index (χ2v) is 5.08. The zero-order valence-corrected chi connectivity index (χ0v) is 10.4. The van der Waals surface area contributed by atoms with Crippen molar-refractivity contribution in [2.45, 2.75) is 19.0 Å². The van der Waals surface area contributed by atoms with E-state index in [9.17, 15) is 13.2 Å². The van der Waals surface area contributed by atoms with Crippen molar-refractivity contribution in [3.05, 3.63) is 5.82 Å². The molecule has 1 atom stereocenters. The van der Waals surface area contributed by atoms with Crippen LogP contribution in [0.15, 0.2) is 0 Å². The van der Waals surface area contributed by atoms with Crippen LogP contribution in [0.25, 0.3) is 0 Å². The predicted octanol–water partition coefficient (Wildman–Crippen LogP) is 3.01. The van der Waals surface area contributed by atoms with Crippen LogP contribution in [0.1, 0.15) is 18.7 Å². The molecule has 0 amide bonds. The van der Waals surface area contributed by atoms with E-state index in [-0.39, 0.29) is 0 Å². The van der Waals surface area contributed by atoms with Gasteiger partial charge in [0, 0.05) is 30.5 Å². The lowest BCUT2D eigenvalue weighted by Gasteiger charge is -2.13. The van der Waals surface area contributed by atoms with Crippen LogP contribution in [0, 0.1) is 5.92 Å². The third-order valence-electron chi connectivity index (χ3n) is 2.74. The van der Waals surface area contributed by atoms with Gasteiger partial charge in [-0.05, 0) is 18.8 Å². The molecule has 2 heterocycles. The van der Waals surface area contributed by atoms with Crippen LogP contribution in [0.2, 0.25) is 0 Å². The molecule has 1 aromatic rings. The number of rotatable bonds is 3. The number of anilines is 1. The molecule has 8 heteroatoms. The lowest BCUT2D eigenvalue weighted by molar-refractivity contribution is -0.144. The maximum atomic E-state index is 12.3. The molecule has 96 valence electrons. The molecule has 1 aromatic heterocycles. The van der Waals surface area contributed by atoms with Crippen LogP contribution in [0.4, 0.5) is 18.3 Å². The summed E-state index contributed by atoms with van der Waals surface area (Å²) in [5, 5.41) is 0.356. The van der Waals surface area contributed by atoms with E-state index >= 15 is 0 Å². The zero-order chi connectivity index (χ0) is 12.5. The monoisotopic (exact) mass is 285 g/mol. The second kappa shape index (κ2) is 4.97. The van der Waals surface area contributed by atoms with Gasteiger partial charge in [0.2, 0.25) is 11.0 Å². The Balaban J connectivity index is 2.02. The summed E-state index contributed by atoms with van der Waals surface area (Å²) in [5.74, 6) is -0.00775. The molecule has 0 spiro atoms. The summed E-state index contributed by atoms with van der Waals surface area (Å²) < 4.78 is 40.3. The molecule has 0 bridgehead atoms. The number of nitrogens with zero attached hydrogens (tertiary/aromatic N) is 3. The molecule has 0 N–H and O–H groups in total. The molecule has 0 radical (unpaired) electrons. The highest BCUT2D eigenvalue weighted by atomic mass is 35.5. The average molecular weight is 286 g/mol. The van der Waals surface area contributed by atoms with E-state index in [2.05, 4.69) is 9.36 Å². The normalized spacial score (nSPS) is 21.2. The maximum Gasteiger partial charge on any atom is 0.452 e. The summed E-state index contributed by atoms with van der Waals surface area (Å²) in [6.07, 6.45) is -2.61. The van der Waals surface area contributed by atoms with Gasteiger partial charge in [-0.15, -0.1) is 11.6 Å². The Hall–Kier alpha value is -0.560. The van der Waals surface area contributed by atoms with Crippen molar-refractivity contribution in [2.24, 2.45) is 5.92 Å². The van der Waals surface area contributed by atoms with Gasteiger partial charge in [0.05, 0.1) is 0 Å². The third-order valence-corrected chi connectivity index (χ3v) is 3.74. The fraction of sp³-hybridized carbons (Fsp3) is 0.778. The van der Waals surface area contributed by atoms with Gasteiger partial charge in [0.1, 0.15) is 0 Å². The summed E-state index contributed by atoms with van der Waals surface area (Å²) in [5.41, 5.74) is 0. The second-order valence-electron chi connectivity index (χ2n) is 3.98. The van der Waals surface area contributed by atoms with Crippen molar-refractivity contribution in [3.63, 3.8) is 0 Å². The maximum absolute atomic E-state index is 12.3. The van der Waals surface area contributed by atoms with Crippen molar-refractivity contribution < 1.29 is 13.2 Å². The van der Waals surface area contributed by atoms with Gasteiger partial charge in [-0.1, -0.05) is 0 Å². The first-order valence-corrected chi connectivity index (χ1v) is 6.53. The highest BCUT2D eigenvalue weighted by Gasteiger charge is 2.37. The van der Waals surface area contributed by atoms with Crippen LogP contribution < -0.4 is 4.90 Å². The van der Waals surface area contributed by atoms with Crippen molar-refractivity contribution in [2.75, 3.05) is 23.9 Å². The molecule has 1 aliphatic rings. The molecule has 17 heavy (non-hydrogen) atoms. The van der Waals surface area contributed by atoms with Crippen molar-refractivity contribution in [1.82, 2.24) is 9.36 Å². The van der Waals surface area contributed by atoms with Gasteiger partial charge in [-0.2, -0.15) is 22.5 Å². The Morgan fingerprint density at radius 2 is 2.24 bits per heavy atom. The Morgan fingerprint density at radius 1 is 1.47 bits per heavy atom. The highest BCUT2D eigenvalue weighted by molar-refractivity contribution is 7.09. The number of hydrogen-bond acceptors (Lipinski definition) is 4. The number of hydrogen-bond donors (Lipinski definition) is 0. The number of aromatic nitrogens is 2. The molecule has 3 nitrogen and oxygen atoms in total. The van der Waals surface area contributed by atoms with E-state index in [0.717, 1.165) is 37.5 Å². The van der Waals surface area contributed by atoms with Gasteiger partial charge in [0.15, 0.2) is 0 Å². The first kappa shape index (κ1) is 12.9. The summed E-state index contributed by atoms with van der Waals surface area (Å²) >= 11 is 6.45. The molecular weight excluding hydrogens is 275 g/mol. The largest absolute Gasteiger partial charge is 0.452 e. The fourth-order valence-electron chi connectivity index (χ4n) is 1.86. The molecule has 1 aliphatic heterocycles. The number of halogens is 4. The van der Waals surface area contributed by atoms with Gasteiger partial charge in [0.25, 0.3) is 0 Å². The van der Waals surface area contributed by atoms with E-state index in [1.807, 2.05) is 4.90 Å². The molecule has 0 saturated carbocycles. The van der Waals surface area contributed by atoms with Crippen molar-refractivity contribution in [1.29, 1.82) is 0 Å². The molecule has 0 aromatic carbocycles. The lowest BCUT2D eigenvalue weighted by Crippen LogP contribution is -2.20. The number of alkyl halides is 4. The Bertz CT molecular complexity index is 382. The Morgan fingerprint density at radius 3 is 2.82 bits per heavy atom. The van der Waals surface area contributed by atoms with Crippen LogP contribution in [-0.4, -0.2) is 28.3 Å². The molecule has 0 aliphatic carbocycles. The average Bonchev–Trinajstić information content (AvgIpc) is 2.82. The van der Waals surface area contributed by atoms with E-state index in [0.29, 0.717) is 16.9 Å². The summed E-state index contributed by atoms with van der Waals surface area (Å²) in [6, 6.07) is 0. The van der Waals surface area contributed by atoms with Gasteiger partial charge in [-0.25, -0.2) is 0 Å². The van der Waals surface area contributed by atoms with Crippen LogP contribution >= 0.6 is 23.1 Å². The van der Waals surface area contributed by atoms with Gasteiger partial charge >= 0.3 is 6.18 Å². The Kier molecular flexibility index (Phi) is 3.77. The quantitative estimate of drug-likeness (QED) is 0.800. The fourth-order valence-corrected chi connectivity index (χ4v) is 2.89. The van der Waals surface area contributed by atoms with Crippen molar-refractivity contribution >= 4 is 28.3 Å². The predicted molar refractivity (Wildman–Crippen MR) is 60.6 cm³/mol. The van der Waals surface area contributed by atoms with Crippen LogP contribution in [-0.2, 0) is 6.18 Å². The van der Waals surface area contributed by atoms with Gasteiger partial charge < -0.3 is 4.90 Å². The summed E-state index contributed by atoms with van der Waals surface area (Å²) in [6.45, 7) is 1.45. The molecule has 1 unspecified atom stereocenters. The standard InChI is InChI=1S/C9H11ClF3N3S/c10-3-1-6-2-4-16(5-6)8-14-7(15-17-8)9(11,12)13/h6H,1-5H2. The van der Waals surface area contributed by atoms with Crippen molar-refractivity contribution in [3.8, 4) is 0 Å². The van der Waals surface area contributed by atoms with Crippen LogP contribution in [0.5, 0.6) is 0 Å². The van der Waals surface area contributed by atoms with E-state index < -0.39 is 12.0 Å². The smallest absolute Gasteiger partial charge is 0.347 e. The topological polar surface area (TPSA) is 29.0 Å². The lowest BCUT2D eigenvalue weighted by atomic mass is 10.1. The molecular formula is C9H11ClF3N3S. The summed E-state index contributed by atoms with van der Waals surface area (Å²) in [7, 11) is 0. The van der Waals surface area contributed by atoms with E-state index in [1.54, 1.807) is 0 Å². The molecule has 2 rings (SSSR count). The first-order valence-electron chi connectivity index (χ1n) is 5.22. The minimum atomic E-state index is -4.45. The third kappa shape index (κ3) is 3.01. The minimum Gasteiger partial charge on any atom is -0.347 e. The zero-order valence-electron chi connectivity index (χ0n) is 8.87. The summed E-state index contributed by atoms with van der Waals surface area (Å²) in [4.78, 5) is 5.38. The van der Waals surface area contributed by atoms with Gasteiger partial charge in [-0.3, -0.25) is 0 Å². The first-order chi connectivity index (χ1) is 8.00. The van der Waals surface area contributed by atoms with Crippen LogP contribution in [0.3, 0.4) is 0 Å². The van der Waals surface area contributed by atoms with E-state index in [4.69, 9.17) is 11.6 Å². The highest BCUT2D eigenvalue weighted by Crippen LogP contribution is 2.32. The van der Waals surface area contributed by atoms with E-state index in [1.165, 1.54) is 0 Å². The minimum absolute atomic E-state index is 0.356. The SMILES string of the molecule is FC(F)(F)c1nsc(N2CCC(CCCl)C2)n1.